The van der Waals surface area contributed by atoms with Crippen molar-refractivity contribution in [1.82, 2.24) is 14.5 Å². The minimum absolute atomic E-state index is 0.250. The molecule has 0 aliphatic heterocycles. The molecule has 0 unspecified atom stereocenters. The van der Waals surface area contributed by atoms with Gasteiger partial charge in [-0.1, -0.05) is 20.8 Å². The number of halogens is 1. The molecule has 2 rings (SSSR count). The Kier molecular flexibility index (Phi) is 6.99. The topological polar surface area (TPSA) is 64.8 Å². The second kappa shape index (κ2) is 8.49. The zero-order valence-corrected chi connectivity index (χ0v) is 14.0. The predicted molar refractivity (Wildman–Crippen MR) is 82.2 cm³/mol. The van der Waals surface area contributed by atoms with Gasteiger partial charge in [0.25, 0.3) is 0 Å². The number of aryl methyl sites for hydroxylation is 3. The quantitative estimate of drug-likeness (QED) is 0.848. The fourth-order valence-corrected chi connectivity index (χ4v) is 2.40. The number of pyridine rings is 1. The van der Waals surface area contributed by atoms with E-state index in [9.17, 15) is 0 Å². The van der Waals surface area contributed by atoms with E-state index in [-0.39, 0.29) is 6.15 Å². The Labute approximate surface area is 132 Å². The Morgan fingerprint density at radius 3 is 2.38 bits per heavy atom. The molecule has 2 aromatic heterocycles. The summed E-state index contributed by atoms with van der Waals surface area (Å²) >= 11 is 3.48. The minimum Gasteiger partial charge on any atom is -0.287 e. The summed E-state index contributed by atoms with van der Waals surface area (Å²) in [5, 5.41) is 0. The second-order valence-electron chi connectivity index (χ2n) is 4.30. The van der Waals surface area contributed by atoms with E-state index in [1.54, 1.807) is 0 Å². The van der Waals surface area contributed by atoms with Crippen molar-refractivity contribution in [3.8, 4) is 5.82 Å². The second-order valence-corrected chi connectivity index (χ2v) is 5.21. The number of hydrogen-bond acceptors (Lipinski definition) is 4. The van der Waals surface area contributed by atoms with E-state index in [0.717, 1.165) is 41.1 Å². The Hall–Kier alpha value is -1.78. The van der Waals surface area contributed by atoms with Crippen molar-refractivity contribution >= 4 is 22.1 Å². The van der Waals surface area contributed by atoms with Crippen molar-refractivity contribution in [2.45, 2.75) is 40.0 Å². The number of carbonyl (C=O) groups excluding carboxylic acids is 2. The lowest BCUT2D eigenvalue weighted by molar-refractivity contribution is -0.191. The van der Waals surface area contributed by atoms with E-state index in [0.29, 0.717) is 0 Å². The van der Waals surface area contributed by atoms with Gasteiger partial charge < -0.3 is 0 Å². The summed E-state index contributed by atoms with van der Waals surface area (Å²) in [7, 11) is 0. The summed E-state index contributed by atoms with van der Waals surface area (Å²) in [6.07, 6.45) is 7.04. The van der Waals surface area contributed by atoms with Crippen molar-refractivity contribution in [3.63, 3.8) is 0 Å². The summed E-state index contributed by atoms with van der Waals surface area (Å²) in [6.45, 7) is 6.40. The van der Waals surface area contributed by atoms with Crippen LogP contribution in [0.15, 0.2) is 22.9 Å². The number of nitrogens with zero attached hydrogens (tertiary/aromatic N) is 3. The zero-order valence-electron chi connectivity index (χ0n) is 12.4. The molecule has 6 heteroatoms. The zero-order chi connectivity index (χ0) is 15.8. The van der Waals surface area contributed by atoms with Crippen LogP contribution < -0.4 is 0 Å². The first-order valence-electron chi connectivity index (χ1n) is 6.82. The molecule has 0 radical (unpaired) electrons. The molecule has 0 spiro atoms. The monoisotopic (exact) mass is 351 g/mol. The predicted octanol–water partition coefficient (Wildman–Crippen LogP) is 3.13. The molecule has 21 heavy (non-hydrogen) atoms. The highest BCUT2D eigenvalue weighted by Gasteiger charge is 2.11. The molecule has 112 valence electrons. The largest absolute Gasteiger partial charge is 0.373 e. The third-order valence-electron chi connectivity index (χ3n) is 3.03. The van der Waals surface area contributed by atoms with Gasteiger partial charge >= 0.3 is 6.15 Å². The maximum atomic E-state index is 8.12. The van der Waals surface area contributed by atoms with Crippen LogP contribution in [-0.2, 0) is 28.9 Å². The molecule has 0 aliphatic carbocycles. The summed E-state index contributed by atoms with van der Waals surface area (Å²) < 4.78 is 3.15. The standard InChI is InChI=1S/C14H18BrN3.CO2/c1-4-10-7-11(15)8-16-14(10)18-9-12(5-2)17-13(18)6-3;2-1-3/h7-9H,4-6H2,1-3H3;. The Balaban J connectivity index is 0.000000677. The molecule has 0 N–H and O–H groups in total. The van der Waals surface area contributed by atoms with E-state index >= 15 is 0 Å². The van der Waals surface area contributed by atoms with E-state index in [1.165, 1.54) is 5.56 Å². The Morgan fingerprint density at radius 2 is 1.86 bits per heavy atom. The van der Waals surface area contributed by atoms with Gasteiger partial charge in [-0.15, -0.1) is 0 Å². The third-order valence-corrected chi connectivity index (χ3v) is 3.46. The molecule has 0 fully saturated rings. The van der Waals surface area contributed by atoms with Crippen LogP contribution in [0.2, 0.25) is 0 Å². The number of hydrogen-bond donors (Lipinski definition) is 0. The van der Waals surface area contributed by atoms with Crippen LogP contribution in [0.3, 0.4) is 0 Å². The molecular weight excluding hydrogens is 334 g/mol. The molecule has 0 saturated heterocycles. The lowest BCUT2D eigenvalue weighted by atomic mass is 10.2. The first-order valence-corrected chi connectivity index (χ1v) is 7.61. The smallest absolute Gasteiger partial charge is 0.287 e. The minimum atomic E-state index is 0.250. The van der Waals surface area contributed by atoms with Crippen molar-refractivity contribution in [2.75, 3.05) is 0 Å². The maximum absolute atomic E-state index is 8.12. The summed E-state index contributed by atoms with van der Waals surface area (Å²) in [5.41, 5.74) is 2.36. The van der Waals surface area contributed by atoms with E-state index in [2.05, 4.69) is 63.5 Å². The van der Waals surface area contributed by atoms with Crippen molar-refractivity contribution in [2.24, 2.45) is 0 Å². The first kappa shape index (κ1) is 17.3. The average Bonchev–Trinajstić information content (AvgIpc) is 2.91. The van der Waals surface area contributed by atoms with Crippen LogP contribution in [-0.4, -0.2) is 20.7 Å². The van der Waals surface area contributed by atoms with Crippen LogP contribution in [0.5, 0.6) is 0 Å². The van der Waals surface area contributed by atoms with E-state index in [4.69, 9.17) is 9.59 Å². The lowest BCUT2D eigenvalue weighted by Gasteiger charge is -2.10. The molecule has 0 bridgehead atoms. The highest BCUT2D eigenvalue weighted by molar-refractivity contribution is 9.10. The SMILES string of the molecule is CCc1cn(-c2ncc(Br)cc2CC)c(CC)n1.O=C=O. The molecule has 5 nitrogen and oxygen atoms in total. The van der Waals surface area contributed by atoms with Gasteiger partial charge in [-0.2, -0.15) is 9.59 Å². The number of rotatable bonds is 4. The summed E-state index contributed by atoms with van der Waals surface area (Å²) in [5.74, 6) is 2.08. The van der Waals surface area contributed by atoms with Gasteiger partial charge in [-0.25, -0.2) is 9.97 Å². The normalized spacial score (nSPS) is 9.71. The highest BCUT2D eigenvalue weighted by Crippen LogP contribution is 2.20. The number of imidazole rings is 1. The fourth-order valence-electron chi connectivity index (χ4n) is 2.03. The summed E-state index contributed by atoms with van der Waals surface area (Å²) in [4.78, 5) is 25.4. The van der Waals surface area contributed by atoms with Crippen molar-refractivity contribution in [3.05, 3.63) is 40.0 Å². The summed E-state index contributed by atoms with van der Waals surface area (Å²) in [6, 6.07) is 2.13. The molecule has 0 atom stereocenters. The maximum Gasteiger partial charge on any atom is 0.373 e. The van der Waals surface area contributed by atoms with E-state index in [1.807, 2.05) is 6.20 Å². The van der Waals surface area contributed by atoms with Gasteiger partial charge in [0, 0.05) is 23.3 Å². The lowest BCUT2D eigenvalue weighted by Crippen LogP contribution is -2.05. The van der Waals surface area contributed by atoms with Gasteiger partial charge in [0.05, 0.1) is 5.69 Å². The van der Waals surface area contributed by atoms with Crippen LogP contribution in [0.25, 0.3) is 5.82 Å². The van der Waals surface area contributed by atoms with Crippen LogP contribution in [0.1, 0.15) is 37.9 Å². The molecule has 0 aromatic carbocycles. The van der Waals surface area contributed by atoms with Gasteiger partial charge in [0.1, 0.15) is 11.6 Å². The molecule has 0 amide bonds. The van der Waals surface area contributed by atoms with Crippen molar-refractivity contribution < 1.29 is 9.59 Å². The molecule has 2 heterocycles. The van der Waals surface area contributed by atoms with Crippen molar-refractivity contribution in [1.29, 1.82) is 0 Å². The van der Waals surface area contributed by atoms with Gasteiger partial charge in [-0.3, -0.25) is 4.57 Å². The fraction of sp³-hybridized carbons (Fsp3) is 0.400. The molecule has 0 saturated carbocycles. The molecule has 2 aromatic rings. The third kappa shape index (κ3) is 4.34. The van der Waals surface area contributed by atoms with Gasteiger partial charge in [-0.05, 0) is 40.4 Å². The highest BCUT2D eigenvalue weighted by atomic mass is 79.9. The van der Waals surface area contributed by atoms with Crippen LogP contribution in [0.4, 0.5) is 0 Å². The molecular formula is C15H18BrN3O2. The first-order chi connectivity index (χ1) is 10.1. The van der Waals surface area contributed by atoms with Gasteiger partial charge in [0.2, 0.25) is 0 Å². The Bertz CT molecular complexity index is 632. The molecule has 0 aliphatic rings. The van der Waals surface area contributed by atoms with Gasteiger partial charge in [0.15, 0.2) is 0 Å². The average molecular weight is 352 g/mol. The Morgan fingerprint density at radius 1 is 1.19 bits per heavy atom. The van der Waals surface area contributed by atoms with E-state index < -0.39 is 0 Å². The number of aromatic nitrogens is 3. The van der Waals surface area contributed by atoms with Crippen LogP contribution >= 0.6 is 15.9 Å². The van der Waals surface area contributed by atoms with Crippen LogP contribution in [0, 0.1) is 0 Å².